The predicted octanol–water partition coefficient (Wildman–Crippen LogP) is 2.22. The second kappa shape index (κ2) is 5.59. The first kappa shape index (κ1) is 13.2. The quantitative estimate of drug-likeness (QED) is 0.852. The van der Waals surface area contributed by atoms with Crippen molar-refractivity contribution in [1.29, 1.82) is 0 Å². The summed E-state index contributed by atoms with van der Waals surface area (Å²) in [5.74, 6) is 4.00. The van der Waals surface area contributed by atoms with E-state index in [2.05, 4.69) is 10.9 Å². The van der Waals surface area contributed by atoms with Crippen molar-refractivity contribution in [3.8, 4) is 23.6 Å². The van der Waals surface area contributed by atoms with E-state index in [4.69, 9.17) is 16.9 Å². The largest absolute Gasteiger partial charge is 0.383 e. The summed E-state index contributed by atoms with van der Waals surface area (Å²) in [5.41, 5.74) is 8.96. The van der Waals surface area contributed by atoms with Gasteiger partial charge in [0.2, 0.25) is 0 Å². The van der Waals surface area contributed by atoms with Crippen LogP contribution in [0.1, 0.15) is 11.4 Å². The first-order valence-electron chi connectivity index (χ1n) is 6.02. The van der Waals surface area contributed by atoms with Gasteiger partial charge in [-0.25, -0.2) is 4.98 Å². The van der Waals surface area contributed by atoms with Gasteiger partial charge in [-0.1, -0.05) is 30.2 Å². The summed E-state index contributed by atoms with van der Waals surface area (Å²) in [6.07, 6.45) is 5.35. The van der Waals surface area contributed by atoms with Gasteiger partial charge in [-0.2, -0.15) is 0 Å². The third-order valence-electron chi connectivity index (χ3n) is 3.02. The van der Waals surface area contributed by atoms with Gasteiger partial charge in [0.05, 0.1) is 13.2 Å². The number of hydrogen-bond acceptors (Lipinski definition) is 3. The van der Waals surface area contributed by atoms with E-state index in [0.29, 0.717) is 19.0 Å². The highest BCUT2D eigenvalue weighted by molar-refractivity contribution is 5.73. The van der Waals surface area contributed by atoms with E-state index < -0.39 is 0 Å². The fourth-order valence-electron chi connectivity index (χ4n) is 2.10. The minimum atomic E-state index is 0.428. The van der Waals surface area contributed by atoms with Crippen LogP contribution in [-0.4, -0.2) is 16.7 Å². The van der Waals surface area contributed by atoms with Crippen molar-refractivity contribution in [2.45, 2.75) is 20.1 Å². The van der Waals surface area contributed by atoms with Crippen LogP contribution in [-0.2, 0) is 17.9 Å². The number of ether oxygens (including phenoxy) is 1. The van der Waals surface area contributed by atoms with E-state index in [1.165, 1.54) is 0 Å². The van der Waals surface area contributed by atoms with Crippen molar-refractivity contribution >= 4 is 5.82 Å². The average Bonchev–Trinajstić information content (AvgIpc) is 2.68. The Morgan fingerprint density at radius 1 is 1.42 bits per heavy atom. The van der Waals surface area contributed by atoms with Crippen LogP contribution < -0.4 is 5.73 Å². The number of aromatic nitrogens is 2. The standard InChI is InChI=1S/C15H17N3O/c1-4-9-18-11(2)17-14(15(18)16)13-8-6-5-7-12(13)10-19-3/h1,5-8H,9-10,16H2,2-3H3. The monoisotopic (exact) mass is 255 g/mol. The van der Waals surface area contributed by atoms with Gasteiger partial charge in [0, 0.05) is 12.7 Å². The van der Waals surface area contributed by atoms with E-state index in [0.717, 1.165) is 22.6 Å². The number of hydrogen-bond donors (Lipinski definition) is 1. The maximum Gasteiger partial charge on any atom is 0.132 e. The number of nitrogens with two attached hydrogens (primary N) is 1. The molecule has 2 rings (SSSR count). The highest BCUT2D eigenvalue weighted by Gasteiger charge is 2.15. The summed E-state index contributed by atoms with van der Waals surface area (Å²) >= 11 is 0. The molecule has 0 amide bonds. The molecule has 0 spiro atoms. The first-order valence-corrected chi connectivity index (χ1v) is 6.02. The van der Waals surface area contributed by atoms with E-state index >= 15 is 0 Å². The Kier molecular flexibility index (Phi) is 3.88. The highest BCUT2D eigenvalue weighted by atomic mass is 16.5. The molecule has 1 aromatic carbocycles. The summed E-state index contributed by atoms with van der Waals surface area (Å²) in [6, 6.07) is 7.93. The lowest BCUT2D eigenvalue weighted by Gasteiger charge is -2.08. The molecule has 0 saturated carbocycles. The molecule has 4 nitrogen and oxygen atoms in total. The predicted molar refractivity (Wildman–Crippen MR) is 76.4 cm³/mol. The third kappa shape index (κ3) is 2.47. The molecular formula is C15H17N3O. The number of nitrogens with zero attached hydrogens (tertiary/aromatic N) is 2. The van der Waals surface area contributed by atoms with Crippen molar-refractivity contribution in [3.63, 3.8) is 0 Å². The minimum Gasteiger partial charge on any atom is -0.383 e. The lowest BCUT2D eigenvalue weighted by atomic mass is 10.1. The van der Waals surface area contributed by atoms with E-state index in [-0.39, 0.29) is 0 Å². The number of benzene rings is 1. The van der Waals surface area contributed by atoms with Gasteiger partial charge >= 0.3 is 0 Å². The number of methoxy groups -OCH3 is 1. The summed E-state index contributed by atoms with van der Waals surface area (Å²) in [6.45, 7) is 2.85. The number of rotatable bonds is 4. The number of imidazole rings is 1. The molecule has 98 valence electrons. The number of nitrogen functional groups attached to an aromatic ring is 1. The molecule has 1 aromatic heterocycles. The molecule has 2 N–H and O–H groups in total. The van der Waals surface area contributed by atoms with Crippen LogP contribution >= 0.6 is 0 Å². The zero-order valence-electron chi connectivity index (χ0n) is 11.2. The van der Waals surface area contributed by atoms with Gasteiger partial charge < -0.3 is 15.0 Å². The molecule has 0 saturated heterocycles. The molecule has 19 heavy (non-hydrogen) atoms. The van der Waals surface area contributed by atoms with Crippen LogP contribution in [0, 0.1) is 19.3 Å². The fraction of sp³-hybridized carbons (Fsp3) is 0.267. The Bertz CT molecular complexity index is 623. The average molecular weight is 255 g/mol. The molecule has 0 fully saturated rings. The van der Waals surface area contributed by atoms with Crippen LogP contribution in [0.4, 0.5) is 5.82 Å². The molecule has 0 aliphatic rings. The smallest absolute Gasteiger partial charge is 0.132 e. The van der Waals surface area contributed by atoms with Gasteiger partial charge in [-0.3, -0.25) is 0 Å². The van der Waals surface area contributed by atoms with Crippen LogP contribution in [0.5, 0.6) is 0 Å². The molecule has 0 aliphatic heterocycles. The third-order valence-corrected chi connectivity index (χ3v) is 3.02. The Morgan fingerprint density at radius 2 is 2.16 bits per heavy atom. The molecule has 0 atom stereocenters. The van der Waals surface area contributed by atoms with Crippen molar-refractivity contribution in [2.75, 3.05) is 12.8 Å². The molecule has 0 bridgehead atoms. The topological polar surface area (TPSA) is 53.1 Å². The molecule has 0 aliphatic carbocycles. The number of anilines is 1. The highest BCUT2D eigenvalue weighted by Crippen LogP contribution is 2.29. The van der Waals surface area contributed by atoms with Crippen molar-refractivity contribution in [1.82, 2.24) is 9.55 Å². The molecule has 4 heteroatoms. The van der Waals surface area contributed by atoms with Crippen LogP contribution in [0.3, 0.4) is 0 Å². The van der Waals surface area contributed by atoms with Crippen LogP contribution in [0.25, 0.3) is 11.3 Å². The lowest BCUT2D eigenvalue weighted by molar-refractivity contribution is 0.185. The summed E-state index contributed by atoms with van der Waals surface area (Å²) in [5, 5.41) is 0. The zero-order chi connectivity index (χ0) is 13.8. The molecule has 1 heterocycles. The SMILES string of the molecule is C#CCn1c(C)nc(-c2ccccc2COC)c1N. The zero-order valence-corrected chi connectivity index (χ0v) is 11.2. The molecular weight excluding hydrogens is 238 g/mol. The summed E-state index contributed by atoms with van der Waals surface area (Å²) < 4.78 is 7.04. The minimum absolute atomic E-state index is 0.428. The Labute approximate surface area is 113 Å². The number of terminal acetylenes is 1. The first-order chi connectivity index (χ1) is 9.19. The lowest BCUT2D eigenvalue weighted by Crippen LogP contribution is -2.03. The van der Waals surface area contributed by atoms with Crippen molar-refractivity contribution in [3.05, 3.63) is 35.7 Å². The van der Waals surface area contributed by atoms with Gasteiger partial charge in [-0.05, 0) is 12.5 Å². The Balaban J connectivity index is 2.54. The van der Waals surface area contributed by atoms with Gasteiger partial charge in [-0.15, -0.1) is 6.42 Å². The molecule has 0 radical (unpaired) electrons. The van der Waals surface area contributed by atoms with Gasteiger partial charge in [0.25, 0.3) is 0 Å². The van der Waals surface area contributed by atoms with Crippen molar-refractivity contribution < 1.29 is 4.74 Å². The molecule has 0 unspecified atom stereocenters. The van der Waals surface area contributed by atoms with Gasteiger partial charge in [0.1, 0.15) is 17.3 Å². The molecule has 2 aromatic rings. The van der Waals surface area contributed by atoms with Crippen molar-refractivity contribution in [2.24, 2.45) is 0 Å². The summed E-state index contributed by atoms with van der Waals surface area (Å²) in [4.78, 5) is 4.53. The van der Waals surface area contributed by atoms with E-state index in [9.17, 15) is 0 Å². The maximum absolute atomic E-state index is 6.15. The van der Waals surface area contributed by atoms with Gasteiger partial charge in [0.15, 0.2) is 0 Å². The van der Waals surface area contributed by atoms with Crippen LogP contribution in [0.2, 0.25) is 0 Å². The van der Waals surface area contributed by atoms with E-state index in [1.807, 2.05) is 35.8 Å². The Hall–Kier alpha value is -2.25. The fourth-order valence-corrected chi connectivity index (χ4v) is 2.10. The number of aryl methyl sites for hydroxylation is 1. The van der Waals surface area contributed by atoms with E-state index in [1.54, 1.807) is 7.11 Å². The second-order valence-corrected chi connectivity index (χ2v) is 4.27. The van der Waals surface area contributed by atoms with Crippen LogP contribution in [0.15, 0.2) is 24.3 Å². The maximum atomic E-state index is 6.15. The normalized spacial score (nSPS) is 10.4. The Morgan fingerprint density at radius 3 is 2.84 bits per heavy atom. The second-order valence-electron chi connectivity index (χ2n) is 4.27. The summed E-state index contributed by atoms with van der Waals surface area (Å²) in [7, 11) is 1.67.